The molecular formula is C15H10O6. The van der Waals surface area contributed by atoms with Crippen LogP contribution in [0.4, 0.5) is 0 Å². The number of carbonyl (C=O) groups is 1. The summed E-state index contributed by atoms with van der Waals surface area (Å²) in [5, 5.41) is 0.520. The van der Waals surface area contributed by atoms with Crippen molar-refractivity contribution in [2.45, 2.75) is 6.92 Å². The van der Waals surface area contributed by atoms with E-state index in [0.29, 0.717) is 11.0 Å². The van der Waals surface area contributed by atoms with Crippen molar-refractivity contribution in [2.75, 3.05) is 7.11 Å². The van der Waals surface area contributed by atoms with Crippen LogP contribution in [0.5, 0.6) is 0 Å². The number of hydrogen-bond acceptors (Lipinski definition) is 6. The maximum absolute atomic E-state index is 12.0. The number of carbonyl (C=O) groups excluding carboxylic acids is 1. The molecule has 0 fully saturated rings. The van der Waals surface area contributed by atoms with E-state index in [9.17, 15) is 14.4 Å². The molecule has 106 valence electrons. The van der Waals surface area contributed by atoms with Crippen molar-refractivity contribution in [3.8, 4) is 0 Å². The van der Waals surface area contributed by atoms with E-state index in [-0.39, 0.29) is 16.5 Å². The number of hydrogen-bond donors (Lipinski definition) is 0. The lowest BCUT2D eigenvalue weighted by molar-refractivity contribution is 0.0596. The second-order valence-corrected chi connectivity index (χ2v) is 4.52. The Bertz CT molecular complexity index is 993. The largest absolute Gasteiger partial charge is 0.465 e. The first-order valence-corrected chi connectivity index (χ1v) is 6.11. The molecule has 1 aromatic carbocycles. The molecule has 0 amide bonds. The van der Waals surface area contributed by atoms with Gasteiger partial charge in [0.1, 0.15) is 16.5 Å². The molecule has 3 rings (SSSR count). The van der Waals surface area contributed by atoms with E-state index < -0.39 is 17.2 Å². The molecule has 0 aliphatic rings. The fraction of sp³-hybridized carbons (Fsp3) is 0.133. The van der Waals surface area contributed by atoms with Gasteiger partial charge in [-0.15, -0.1) is 0 Å². The van der Waals surface area contributed by atoms with E-state index in [1.54, 1.807) is 25.1 Å². The Kier molecular flexibility index (Phi) is 2.86. The summed E-state index contributed by atoms with van der Waals surface area (Å²) in [6.45, 7) is 1.78. The Morgan fingerprint density at radius 1 is 1.05 bits per heavy atom. The highest BCUT2D eigenvalue weighted by atomic mass is 16.5. The van der Waals surface area contributed by atoms with Crippen molar-refractivity contribution in [1.29, 1.82) is 0 Å². The van der Waals surface area contributed by atoms with Crippen LogP contribution in [-0.2, 0) is 4.74 Å². The van der Waals surface area contributed by atoms with Crippen molar-refractivity contribution in [1.82, 2.24) is 0 Å². The summed E-state index contributed by atoms with van der Waals surface area (Å²) in [5.41, 5.74) is -0.689. The number of rotatable bonds is 1. The number of fused-ring (bicyclic) bond motifs is 3. The lowest BCUT2D eigenvalue weighted by Crippen LogP contribution is -2.16. The average molecular weight is 286 g/mol. The van der Waals surface area contributed by atoms with Crippen molar-refractivity contribution < 1.29 is 18.4 Å². The number of ether oxygens (including phenoxy) is 1. The zero-order valence-corrected chi connectivity index (χ0v) is 11.3. The molecule has 21 heavy (non-hydrogen) atoms. The third-order valence-electron chi connectivity index (χ3n) is 3.22. The Morgan fingerprint density at radius 2 is 1.76 bits per heavy atom. The number of benzene rings is 1. The van der Waals surface area contributed by atoms with Gasteiger partial charge < -0.3 is 13.6 Å². The molecule has 2 heterocycles. The zero-order valence-electron chi connectivity index (χ0n) is 11.3. The summed E-state index contributed by atoms with van der Waals surface area (Å²) < 4.78 is 14.9. The molecule has 0 saturated heterocycles. The molecule has 6 nitrogen and oxygen atoms in total. The molecule has 0 aliphatic carbocycles. The third kappa shape index (κ3) is 1.92. The molecule has 2 aromatic heterocycles. The molecule has 3 aromatic rings. The van der Waals surface area contributed by atoms with Crippen molar-refractivity contribution >= 4 is 27.9 Å². The summed E-state index contributed by atoms with van der Waals surface area (Å²) in [6, 6.07) is 6.35. The average Bonchev–Trinajstić information content (AvgIpc) is 2.47. The van der Waals surface area contributed by atoms with Crippen LogP contribution < -0.4 is 11.3 Å². The van der Waals surface area contributed by atoms with E-state index in [1.807, 2.05) is 0 Å². The second kappa shape index (κ2) is 4.59. The van der Waals surface area contributed by atoms with Gasteiger partial charge in [0.2, 0.25) is 0 Å². The van der Waals surface area contributed by atoms with Gasteiger partial charge in [0.25, 0.3) is 0 Å². The van der Waals surface area contributed by atoms with Gasteiger partial charge in [-0.25, -0.2) is 14.4 Å². The summed E-state index contributed by atoms with van der Waals surface area (Å²) >= 11 is 0. The first-order chi connectivity index (χ1) is 10.0. The highest BCUT2D eigenvalue weighted by Gasteiger charge is 2.18. The molecule has 0 spiro atoms. The van der Waals surface area contributed by atoms with E-state index in [1.165, 1.54) is 0 Å². The van der Waals surface area contributed by atoms with Gasteiger partial charge in [-0.05, 0) is 24.6 Å². The van der Waals surface area contributed by atoms with Crippen molar-refractivity contribution in [3.63, 3.8) is 0 Å². The first kappa shape index (κ1) is 13.1. The van der Waals surface area contributed by atoms with Gasteiger partial charge >= 0.3 is 17.2 Å². The van der Waals surface area contributed by atoms with Crippen LogP contribution >= 0.6 is 0 Å². The number of esters is 1. The van der Waals surface area contributed by atoms with Crippen LogP contribution in [0.1, 0.15) is 15.9 Å². The van der Waals surface area contributed by atoms with Crippen LogP contribution in [-0.4, -0.2) is 13.1 Å². The topological polar surface area (TPSA) is 86.7 Å². The lowest BCUT2D eigenvalue weighted by atomic mass is 10.1. The predicted molar refractivity (Wildman–Crippen MR) is 74.6 cm³/mol. The number of para-hydroxylation sites is 1. The maximum atomic E-state index is 12.0. The van der Waals surface area contributed by atoms with Gasteiger partial charge in [0.15, 0.2) is 5.58 Å². The Labute approximate surface area is 117 Å². The van der Waals surface area contributed by atoms with E-state index >= 15 is 0 Å². The summed E-state index contributed by atoms with van der Waals surface area (Å²) in [7, 11) is 1.14. The molecule has 6 heteroatoms. The van der Waals surface area contributed by atoms with Gasteiger partial charge in [0.05, 0.1) is 12.5 Å². The summed E-state index contributed by atoms with van der Waals surface area (Å²) in [6.07, 6.45) is 0. The van der Waals surface area contributed by atoms with Crippen molar-refractivity contribution in [3.05, 3.63) is 56.2 Å². The summed E-state index contributed by atoms with van der Waals surface area (Å²) in [5.74, 6) is -0.866. The standard InChI is InChI=1S/C15H10O6/c1-7-4-3-5-8-11(7)20-14(17)9-6-10(13(16)19-2)15(18)21-12(8)9/h3-6H,1-2H3. The molecule has 0 radical (unpaired) electrons. The van der Waals surface area contributed by atoms with Gasteiger partial charge in [-0.1, -0.05) is 12.1 Å². The van der Waals surface area contributed by atoms with Gasteiger partial charge in [-0.2, -0.15) is 0 Å². The molecule has 0 unspecified atom stereocenters. The predicted octanol–water partition coefficient (Wildman–Crippen LogP) is 1.99. The zero-order chi connectivity index (χ0) is 15.1. The molecule has 0 atom stereocenters. The fourth-order valence-electron chi connectivity index (χ4n) is 2.19. The Hall–Kier alpha value is -2.89. The van der Waals surface area contributed by atoms with Crippen molar-refractivity contribution in [2.24, 2.45) is 0 Å². The lowest BCUT2D eigenvalue weighted by Gasteiger charge is -2.04. The number of aryl methyl sites for hydroxylation is 1. The summed E-state index contributed by atoms with van der Waals surface area (Å²) in [4.78, 5) is 35.4. The molecule has 0 saturated carbocycles. The highest BCUT2D eigenvalue weighted by Crippen LogP contribution is 2.24. The van der Waals surface area contributed by atoms with Gasteiger partial charge in [-0.3, -0.25) is 0 Å². The van der Waals surface area contributed by atoms with Crippen LogP contribution in [0.3, 0.4) is 0 Å². The third-order valence-corrected chi connectivity index (χ3v) is 3.22. The molecule has 0 aliphatic heterocycles. The highest BCUT2D eigenvalue weighted by molar-refractivity contribution is 6.03. The monoisotopic (exact) mass is 286 g/mol. The van der Waals surface area contributed by atoms with Crippen LogP contribution in [0.25, 0.3) is 21.9 Å². The minimum atomic E-state index is -0.866. The van der Waals surface area contributed by atoms with Crippen LogP contribution in [0, 0.1) is 6.92 Å². The van der Waals surface area contributed by atoms with E-state index in [4.69, 9.17) is 8.83 Å². The molecule has 0 bridgehead atoms. The minimum Gasteiger partial charge on any atom is -0.465 e. The van der Waals surface area contributed by atoms with Gasteiger partial charge in [0, 0.05) is 0 Å². The Morgan fingerprint density at radius 3 is 2.48 bits per heavy atom. The second-order valence-electron chi connectivity index (χ2n) is 4.52. The minimum absolute atomic E-state index is 0.0214. The maximum Gasteiger partial charge on any atom is 0.351 e. The molecular weight excluding hydrogens is 276 g/mol. The SMILES string of the molecule is COC(=O)c1cc2c(=O)oc3c(C)cccc3c2oc1=O. The van der Waals surface area contributed by atoms with E-state index in [2.05, 4.69) is 4.74 Å². The fourth-order valence-corrected chi connectivity index (χ4v) is 2.19. The number of methoxy groups -OCH3 is 1. The van der Waals surface area contributed by atoms with Crippen LogP contribution in [0.2, 0.25) is 0 Å². The first-order valence-electron chi connectivity index (χ1n) is 6.11. The van der Waals surface area contributed by atoms with Crippen LogP contribution in [0.15, 0.2) is 42.7 Å². The molecule has 0 N–H and O–H groups in total. The normalized spacial score (nSPS) is 11.0. The Balaban J connectivity index is 2.53. The van der Waals surface area contributed by atoms with E-state index in [0.717, 1.165) is 18.7 Å². The smallest absolute Gasteiger partial charge is 0.351 e. The quantitative estimate of drug-likeness (QED) is 0.386.